The monoisotopic (exact) mass is 430 g/mol. The number of rotatable bonds is 5. The number of hydrogen-bond acceptors (Lipinski definition) is 3. The molecule has 0 saturated carbocycles. The molecule has 32 heavy (non-hydrogen) atoms. The molecule has 2 aliphatic rings. The number of aromatic amines is 1. The number of aliphatic imine (C=N–C) groups is 1. The summed E-state index contributed by atoms with van der Waals surface area (Å²) in [7, 11) is 1.90. The summed E-state index contributed by atoms with van der Waals surface area (Å²) in [6.45, 7) is 5.29. The predicted octanol–water partition coefficient (Wildman–Crippen LogP) is 3.67. The highest BCUT2D eigenvalue weighted by Crippen LogP contribution is 2.31. The van der Waals surface area contributed by atoms with Gasteiger partial charge < -0.3 is 15.2 Å². The first-order chi connectivity index (χ1) is 15.8. The maximum atomic E-state index is 4.69. The van der Waals surface area contributed by atoms with Crippen LogP contribution in [0.4, 0.5) is 0 Å². The van der Waals surface area contributed by atoms with Gasteiger partial charge in [0.1, 0.15) is 5.82 Å². The van der Waals surface area contributed by atoms with Gasteiger partial charge >= 0.3 is 0 Å². The van der Waals surface area contributed by atoms with Crippen molar-refractivity contribution < 1.29 is 0 Å². The van der Waals surface area contributed by atoms with Crippen molar-refractivity contribution in [3.8, 4) is 0 Å². The van der Waals surface area contributed by atoms with Crippen LogP contribution in [0, 0.1) is 5.92 Å². The summed E-state index contributed by atoms with van der Waals surface area (Å²) in [5, 5.41) is 3.58. The van der Waals surface area contributed by atoms with Gasteiger partial charge in [-0.05, 0) is 49.4 Å². The van der Waals surface area contributed by atoms with Crippen LogP contribution in [0.1, 0.15) is 30.7 Å². The smallest absolute Gasteiger partial charge is 0.193 e. The quantitative estimate of drug-likeness (QED) is 0.479. The third-order valence-corrected chi connectivity index (χ3v) is 7.01. The van der Waals surface area contributed by atoms with Crippen LogP contribution >= 0.6 is 0 Å². The fraction of sp³-hybridized carbons (Fsp3) is 0.462. The summed E-state index contributed by atoms with van der Waals surface area (Å²) in [6, 6.07) is 19.8. The van der Waals surface area contributed by atoms with Crippen LogP contribution in [0.15, 0.2) is 59.6 Å². The van der Waals surface area contributed by atoms with Crippen molar-refractivity contribution in [1.29, 1.82) is 0 Å². The summed E-state index contributed by atoms with van der Waals surface area (Å²) in [5.41, 5.74) is 3.57. The number of imidazole rings is 1. The van der Waals surface area contributed by atoms with Gasteiger partial charge in [-0.25, -0.2) is 4.98 Å². The zero-order valence-electron chi connectivity index (χ0n) is 19.0. The first-order valence-corrected chi connectivity index (χ1v) is 12.0. The van der Waals surface area contributed by atoms with E-state index in [2.05, 4.69) is 72.5 Å². The first kappa shape index (κ1) is 21.0. The fourth-order valence-corrected chi connectivity index (χ4v) is 5.46. The molecule has 2 atom stereocenters. The van der Waals surface area contributed by atoms with Crippen LogP contribution in [-0.2, 0) is 13.0 Å². The molecule has 2 aliphatic heterocycles. The van der Waals surface area contributed by atoms with E-state index >= 15 is 0 Å². The minimum absolute atomic E-state index is 0.689. The van der Waals surface area contributed by atoms with Crippen molar-refractivity contribution in [2.45, 2.75) is 38.3 Å². The van der Waals surface area contributed by atoms with Crippen LogP contribution in [0.3, 0.4) is 0 Å². The average Bonchev–Trinajstić information content (AvgIpc) is 3.25. The van der Waals surface area contributed by atoms with E-state index in [1.165, 1.54) is 31.4 Å². The first-order valence-electron chi connectivity index (χ1n) is 12.0. The van der Waals surface area contributed by atoms with E-state index in [0.29, 0.717) is 6.04 Å². The Morgan fingerprint density at radius 3 is 2.78 bits per heavy atom. The molecule has 168 valence electrons. The lowest BCUT2D eigenvalue weighted by molar-refractivity contribution is 0.0373. The van der Waals surface area contributed by atoms with Crippen molar-refractivity contribution in [1.82, 2.24) is 25.1 Å². The molecule has 6 nitrogen and oxygen atoms in total. The molecule has 3 heterocycles. The summed E-state index contributed by atoms with van der Waals surface area (Å²) >= 11 is 0. The van der Waals surface area contributed by atoms with Crippen LogP contribution < -0.4 is 5.32 Å². The molecular weight excluding hydrogens is 396 g/mol. The number of hydrogen-bond donors (Lipinski definition) is 2. The SMILES string of the molecule is CN=C(NCCc1nc2ccccc2[nH]1)N1CCC2C(CCCN2Cc2ccccc2)C1. The molecule has 3 aromatic rings. The zero-order chi connectivity index (χ0) is 21.8. The Labute approximate surface area is 190 Å². The lowest BCUT2D eigenvalue weighted by Gasteiger charge is -2.48. The second-order valence-electron chi connectivity index (χ2n) is 9.09. The second kappa shape index (κ2) is 9.74. The van der Waals surface area contributed by atoms with E-state index in [0.717, 1.165) is 61.3 Å². The van der Waals surface area contributed by atoms with Gasteiger partial charge in [-0.15, -0.1) is 0 Å². The molecule has 2 unspecified atom stereocenters. The van der Waals surface area contributed by atoms with Gasteiger partial charge in [0, 0.05) is 45.7 Å². The number of nitrogens with zero attached hydrogens (tertiary/aromatic N) is 4. The molecule has 0 spiro atoms. The van der Waals surface area contributed by atoms with Gasteiger partial charge in [-0.1, -0.05) is 42.5 Å². The van der Waals surface area contributed by atoms with E-state index in [1.807, 2.05) is 19.2 Å². The number of benzene rings is 2. The van der Waals surface area contributed by atoms with Gasteiger partial charge in [0.25, 0.3) is 0 Å². The molecular formula is C26H34N6. The maximum Gasteiger partial charge on any atom is 0.193 e. The third-order valence-electron chi connectivity index (χ3n) is 7.01. The summed E-state index contributed by atoms with van der Waals surface area (Å²) < 4.78 is 0. The van der Waals surface area contributed by atoms with Gasteiger partial charge in [0.15, 0.2) is 5.96 Å². The lowest BCUT2D eigenvalue weighted by Crippen LogP contribution is -2.56. The molecule has 2 fully saturated rings. The predicted molar refractivity (Wildman–Crippen MR) is 131 cm³/mol. The Bertz CT molecular complexity index is 1010. The number of guanidine groups is 1. The average molecular weight is 431 g/mol. The molecule has 5 rings (SSSR count). The standard InChI is InChI=1S/C26H34N6/c1-27-26(28-15-13-25-29-22-11-5-6-12-23(22)30-25)32-17-14-24-21(19-32)10-7-16-31(24)18-20-8-3-2-4-9-20/h2-6,8-9,11-12,21,24H,7,10,13-19H2,1H3,(H,27,28)(H,29,30). The third kappa shape index (κ3) is 4.65. The number of nitrogens with one attached hydrogen (secondary N) is 2. The van der Waals surface area contributed by atoms with Crippen molar-refractivity contribution in [3.05, 3.63) is 66.0 Å². The summed E-state index contributed by atoms with van der Waals surface area (Å²) in [5.74, 6) is 2.77. The molecule has 0 bridgehead atoms. The number of piperidine rings is 2. The van der Waals surface area contributed by atoms with Crippen LogP contribution in [0.5, 0.6) is 0 Å². The van der Waals surface area contributed by atoms with E-state index in [-0.39, 0.29) is 0 Å². The minimum atomic E-state index is 0.689. The maximum absolute atomic E-state index is 4.69. The Balaban J connectivity index is 1.15. The van der Waals surface area contributed by atoms with E-state index < -0.39 is 0 Å². The molecule has 0 aliphatic carbocycles. The topological polar surface area (TPSA) is 59.6 Å². The Morgan fingerprint density at radius 2 is 1.94 bits per heavy atom. The van der Waals surface area contributed by atoms with Crippen LogP contribution in [-0.4, -0.2) is 65.0 Å². The van der Waals surface area contributed by atoms with Crippen LogP contribution in [0.2, 0.25) is 0 Å². The Kier molecular flexibility index (Phi) is 6.39. The Hall–Kier alpha value is -2.86. The fourth-order valence-electron chi connectivity index (χ4n) is 5.46. The molecule has 0 radical (unpaired) electrons. The zero-order valence-corrected chi connectivity index (χ0v) is 19.0. The molecule has 1 aromatic heterocycles. The van der Waals surface area contributed by atoms with E-state index in [4.69, 9.17) is 0 Å². The van der Waals surface area contributed by atoms with E-state index in [1.54, 1.807) is 0 Å². The Morgan fingerprint density at radius 1 is 1.09 bits per heavy atom. The van der Waals surface area contributed by atoms with Crippen molar-refractivity contribution in [2.24, 2.45) is 10.9 Å². The normalized spacial score (nSPS) is 22.2. The van der Waals surface area contributed by atoms with Crippen molar-refractivity contribution in [2.75, 3.05) is 33.2 Å². The number of H-pyrrole nitrogens is 1. The van der Waals surface area contributed by atoms with E-state index in [9.17, 15) is 0 Å². The molecule has 2 aromatic carbocycles. The highest BCUT2D eigenvalue weighted by Gasteiger charge is 2.36. The number of aromatic nitrogens is 2. The highest BCUT2D eigenvalue weighted by atomic mass is 15.3. The lowest BCUT2D eigenvalue weighted by atomic mass is 9.83. The van der Waals surface area contributed by atoms with Gasteiger partial charge in [0.2, 0.25) is 0 Å². The molecule has 0 amide bonds. The molecule has 2 saturated heterocycles. The number of fused-ring (bicyclic) bond motifs is 2. The van der Waals surface area contributed by atoms with Crippen LogP contribution in [0.25, 0.3) is 11.0 Å². The van der Waals surface area contributed by atoms with Gasteiger partial charge in [0.05, 0.1) is 11.0 Å². The highest BCUT2D eigenvalue weighted by molar-refractivity contribution is 5.80. The van der Waals surface area contributed by atoms with Gasteiger partial charge in [-0.3, -0.25) is 9.89 Å². The molecule has 6 heteroatoms. The van der Waals surface area contributed by atoms with Crippen molar-refractivity contribution in [3.63, 3.8) is 0 Å². The van der Waals surface area contributed by atoms with Crippen molar-refractivity contribution >= 4 is 17.0 Å². The number of likely N-dealkylation sites (tertiary alicyclic amines) is 2. The summed E-state index contributed by atoms with van der Waals surface area (Å²) in [6.07, 6.45) is 4.68. The largest absolute Gasteiger partial charge is 0.356 e. The second-order valence-corrected chi connectivity index (χ2v) is 9.09. The molecule has 2 N–H and O–H groups in total. The summed E-state index contributed by atoms with van der Waals surface area (Å²) in [4.78, 5) is 17.9. The number of para-hydroxylation sites is 2. The van der Waals surface area contributed by atoms with Gasteiger partial charge in [-0.2, -0.15) is 0 Å². The minimum Gasteiger partial charge on any atom is -0.356 e.